The van der Waals surface area contributed by atoms with Gasteiger partial charge in [-0.3, -0.25) is 14.6 Å². The van der Waals surface area contributed by atoms with Gasteiger partial charge in [0.05, 0.1) is 40.5 Å². The molecule has 39 heavy (non-hydrogen) atoms. The van der Waals surface area contributed by atoms with Crippen molar-refractivity contribution in [2.24, 2.45) is 0 Å². The summed E-state index contributed by atoms with van der Waals surface area (Å²) in [5, 5.41) is 14.1. The molecule has 5 heterocycles. The first-order valence-electron chi connectivity index (χ1n) is 12.9. The Bertz CT molecular complexity index is 1710. The van der Waals surface area contributed by atoms with Gasteiger partial charge >= 0.3 is 0 Å². The number of likely N-dealkylation sites (tertiary alicyclic amines) is 1. The van der Waals surface area contributed by atoms with Crippen LogP contribution in [-0.2, 0) is 4.79 Å². The van der Waals surface area contributed by atoms with Crippen LogP contribution < -0.4 is 5.73 Å². The SMILES string of the molecule is CC(=O)c1c(C2CCN(C(=O)[C@@H](C)O)CC2)nc2c(-c3ccc(-c4ccc5nc[nH]c5c4)nc3)cnn2c1N. The number of nitrogens with zero attached hydrogens (tertiary/aromatic N) is 6. The number of amides is 1. The van der Waals surface area contributed by atoms with E-state index in [1.54, 1.807) is 23.6 Å². The number of hydrogen-bond donors (Lipinski definition) is 3. The average molecular weight is 525 g/mol. The van der Waals surface area contributed by atoms with E-state index in [9.17, 15) is 14.7 Å². The number of ketones is 1. The number of imidazole rings is 1. The average Bonchev–Trinajstić information content (AvgIpc) is 3.59. The molecule has 1 aliphatic rings. The fourth-order valence-electron chi connectivity index (χ4n) is 5.35. The van der Waals surface area contributed by atoms with E-state index in [1.807, 2.05) is 30.3 Å². The van der Waals surface area contributed by atoms with Crippen molar-refractivity contribution in [2.75, 3.05) is 18.8 Å². The van der Waals surface area contributed by atoms with Gasteiger partial charge in [0.25, 0.3) is 5.91 Å². The largest absolute Gasteiger partial charge is 0.384 e. The Hall–Kier alpha value is -4.64. The van der Waals surface area contributed by atoms with E-state index < -0.39 is 6.10 Å². The Morgan fingerprint density at radius 3 is 2.56 bits per heavy atom. The molecule has 11 nitrogen and oxygen atoms in total. The molecule has 11 heteroatoms. The van der Waals surface area contributed by atoms with E-state index in [-0.39, 0.29) is 23.4 Å². The highest BCUT2D eigenvalue weighted by Gasteiger charge is 2.31. The lowest BCUT2D eigenvalue weighted by Gasteiger charge is -2.33. The van der Waals surface area contributed by atoms with Crippen molar-refractivity contribution in [1.29, 1.82) is 0 Å². The molecule has 1 atom stereocenters. The van der Waals surface area contributed by atoms with Gasteiger partial charge in [0, 0.05) is 41.9 Å². The van der Waals surface area contributed by atoms with Gasteiger partial charge in [0.15, 0.2) is 11.4 Å². The third kappa shape index (κ3) is 4.30. The number of benzene rings is 1. The minimum absolute atomic E-state index is 0.0603. The van der Waals surface area contributed by atoms with Crippen LogP contribution in [0.3, 0.4) is 0 Å². The number of anilines is 1. The van der Waals surface area contributed by atoms with E-state index >= 15 is 0 Å². The van der Waals surface area contributed by atoms with Crippen molar-refractivity contribution in [3.8, 4) is 22.4 Å². The van der Waals surface area contributed by atoms with Crippen LogP contribution in [0.5, 0.6) is 0 Å². The first kappa shape index (κ1) is 24.7. The molecular weight excluding hydrogens is 496 g/mol. The number of carbonyl (C=O) groups excluding carboxylic acids is 2. The summed E-state index contributed by atoms with van der Waals surface area (Å²) in [6.07, 6.45) is 5.31. The smallest absolute Gasteiger partial charge is 0.251 e. The van der Waals surface area contributed by atoms with Gasteiger partial charge in [-0.25, -0.2) is 9.97 Å². The number of rotatable bonds is 5. The first-order valence-corrected chi connectivity index (χ1v) is 12.9. The van der Waals surface area contributed by atoms with Crippen LogP contribution in [0.4, 0.5) is 5.82 Å². The Morgan fingerprint density at radius 1 is 1.10 bits per heavy atom. The molecule has 1 fully saturated rings. The normalized spacial score (nSPS) is 15.2. The number of Topliss-reactive ketones (excluding diaryl/α,β-unsaturated/α-hetero) is 1. The maximum atomic E-state index is 12.7. The minimum Gasteiger partial charge on any atom is -0.384 e. The number of pyridine rings is 1. The molecule has 0 spiro atoms. The zero-order valence-corrected chi connectivity index (χ0v) is 21.6. The molecule has 1 aliphatic heterocycles. The summed E-state index contributed by atoms with van der Waals surface area (Å²) in [4.78, 5) is 43.6. The fourth-order valence-corrected chi connectivity index (χ4v) is 5.35. The molecule has 0 radical (unpaired) electrons. The molecule has 0 bridgehead atoms. The maximum absolute atomic E-state index is 12.7. The Labute approximate surface area is 223 Å². The molecule has 0 unspecified atom stereocenters. The number of aliphatic hydroxyl groups is 1. The standard InChI is InChI=1S/C28H28N8O3/c1-15(37)24-25(17-7-9-35(10-8-17)28(39)16(2)38)34-27-20(13-33-36(27)26(24)29)19-4-5-21(30-12-19)18-3-6-22-23(11-18)32-14-31-22/h3-6,11-14,16-17,38H,7-10,29H2,1-2H3,(H,31,32)/t16-/m1/s1. The van der Waals surface area contributed by atoms with Crippen molar-refractivity contribution >= 4 is 34.2 Å². The number of aliphatic hydroxyl groups excluding tert-OH is 1. The Kier molecular flexibility index (Phi) is 6.07. The van der Waals surface area contributed by atoms with Crippen LogP contribution in [0.25, 0.3) is 39.1 Å². The summed E-state index contributed by atoms with van der Waals surface area (Å²) in [6, 6.07) is 9.86. The molecule has 0 saturated carbocycles. The molecular formula is C28H28N8O3. The third-order valence-electron chi connectivity index (χ3n) is 7.40. The molecule has 1 aromatic carbocycles. The number of nitrogens with one attached hydrogen (secondary N) is 1. The van der Waals surface area contributed by atoms with Gasteiger partial charge in [0.2, 0.25) is 0 Å². The molecule has 198 valence electrons. The lowest BCUT2D eigenvalue weighted by molar-refractivity contribution is -0.140. The summed E-state index contributed by atoms with van der Waals surface area (Å²) in [7, 11) is 0. The molecule has 5 aromatic rings. The molecule has 4 aromatic heterocycles. The fraction of sp³-hybridized carbons (Fsp3) is 0.286. The number of hydrogen-bond acceptors (Lipinski definition) is 8. The number of H-pyrrole nitrogens is 1. The minimum atomic E-state index is -1.04. The number of nitrogen functional groups attached to an aromatic ring is 1. The van der Waals surface area contributed by atoms with Gasteiger partial charge in [-0.15, -0.1) is 0 Å². The van der Waals surface area contributed by atoms with E-state index in [0.29, 0.717) is 42.8 Å². The summed E-state index contributed by atoms with van der Waals surface area (Å²) in [6.45, 7) is 3.89. The lowest BCUT2D eigenvalue weighted by atomic mass is 9.89. The second-order valence-corrected chi connectivity index (χ2v) is 9.95. The van der Waals surface area contributed by atoms with Crippen LogP contribution in [0.1, 0.15) is 48.7 Å². The van der Waals surface area contributed by atoms with E-state index in [0.717, 1.165) is 33.4 Å². The van der Waals surface area contributed by atoms with Crippen molar-refractivity contribution < 1.29 is 14.7 Å². The molecule has 0 aliphatic carbocycles. The van der Waals surface area contributed by atoms with Crippen LogP contribution >= 0.6 is 0 Å². The van der Waals surface area contributed by atoms with Gasteiger partial charge in [-0.2, -0.15) is 9.61 Å². The Morgan fingerprint density at radius 2 is 1.87 bits per heavy atom. The Balaban J connectivity index is 1.35. The van der Waals surface area contributed by atoms with Gasteiger partial charge in [-0.1, -0.05) is 12.1 Å². The van der Waals surface area contributed by atoms with Crippen LogP contribution in [0.15, 0.2) is 49.1 Å². The maximum Gasteiger partial charge on any atom is 0.251 e. The molecule has 1 amide bonds. The summed E-state index contributed by atoms with van der Waals surface area (Å²) >= 11 is 0. The van der Waals surface area contributed by atoms with Gasteiger partial charge in [-0.05, 0) is 44.9 Å². The van der Waals surface area contributed by atoms with E-state index in [4.69, 9.17) is 10.7 Å². The predicted octanol–water partition coefficient (Wildman–Crippen LogP) is 3.21. The van der Waals surface area contributed by atoms with Crippen molar-refractivity contribution in [2.45, 2.75) is 38.7 Å². The highest BCUT2D eigenvalue weighted by molar-refractivity contribution is 6.00. The second-order valence-electron chi connectivity index (χ2n) is 9.95. The predicted molar refractivity (Wildman–Crippen MR) is 146 cm³/mol. The molecule has 1 saturated heterocycles. The van der Waals surface area contributed by atoms with Gasteiger partial charge < -0.3 is 20.7 Å². The lowest BCUT2D eigenvalue weighted by Crippen LogP contribution is -2.42. The van der Waals surface area contributed by atoms with Crippen LogP contribution in [0.2, 0.25) is 0 Å². The van der Waals surface area contributed by atoms with Gasteiger partial charge in [0.1, 0.15) is 11.9 Å². The molecule has 4 N–H and O–H groups in total. The topological polar surface area (TPSA) is 155 Å². The number of nitrogens with two attached hydrogens (primary N) is 1. The van der Waals surface area contributed by atoms with E-state index in [2.05, 4.69) is 20.1 Å². The zero-order valence-electron chi connectivity index (χ0n) is 21.6. The third-order valence-corrected chi connectivity index (χ3v) is 7.40. The van der Waals surface area contributed by atoms with Crippen LogP contribution in [0, 0.1) is 0 Å². The monoisotopic (exact) mass is 524 g/mol. The first-order chi connectivity index (χ1) is 18.8. The second kappa shape index (κ2) is 9.59. The number of carbonyl (C=O) groups is 2. The van der Waals surface area contributed by atoms with Crippen molar-refractivity contribution in [3.05, 3.63) is 60.3 Å². The number of fused-ring (bicyclic) bond motifs is 2. The van der Waals surface area contributed by atoms with E-state index in [1.165, 1.54) is 18.4 Å². The molecule has 6 rings (SSSR count). The highest BCUT2D eigenvalue weighted by Crippen LogP contribution is 2.35. The summed E-state index contributed by atoms with van der Waals surface area (Å²) in [5.41, 5.74) is 13.2. The highest BCUT2D eigenvalue weighted by atomic mass is 16.3. The number of piperidine rings is 1. The number of aromatic amines is 1. The zero-order chi connectivity index (χ0) is 27.3. The van der Waals surface area contributed by atoms with Crippen molar-refractivity contribution in [3.63, 3.8) is 0 Å². The van der Waals surface area contributed by atoms with Crippen molar-refractivity contribution in [1.82, 2.24) is 34.4 Å². The number of aromatic nitrogens is 6. The van der Waals surface area contributed by atoms with Crippen LogP contribution in [-0.4, -0.2) is 70.4 Å². The quantitative estimate of drug-likeness (QED) is 0.296. The summed E-state index contributed by atoms with van der Waals surface area (Å²) < 4.78 is 1.50. The summed E-state index contributed by atoms with van der Waals surface area (Å²) in [5.74, 6) is -0.290.